The lowest BCUT2D eigenvalue weighted by molar-refractivity contribution is -0.144. The Bertz CT molecular complexity index is 949. The first-order valence-electron chi connectivity index (χ1n) is 7.79. The highest BCUT2D eigenvalue weighted by molar-refractivity contribution is 8.00. The zero-order valence-electron chi connectivity index (χ0n) is 13.6. The molecule has 0 aliphatic heterocycles. The number of aromatic nitrogens is 1. The van der Waals surface area contributed by atoms with Crippen LogP contribution in [0, 0.1) is 0 Å². The van der Waals surface area contributed by atoms with Gasteiger partial charge in [0.25, 0.3) is 5.91 Å². The van der Waals surface area contributed by atoms with E-state index in [2.05, 4.69) is 10.3 Å². The number of hydrogen-bond acceptors (Lipinski definition) is 5. The number of nitrogens with zero attached hydrogens (tertiary/aromatic N) is 1. The van der Waals surface area contributed by atoms with Crippen molar-refractivity contribution in [2.75, 3.05) is 17.7 Å². The molecule has 2 aromatic carbocycles. The van der Waals surface area contributed by atoms with Crippen LogP contribution < -0.4 is 5.32 Å². The van der Waals surface area contributed by atoms with Crippen LogP contribution in [0.4, 0.5) is 5.69 Å². The maximum Gasteiger partial charge on any atom is 0.316 e. The maximum atomic E-state index is 11.8. The SMILES string of the molecule is O=C(COC(=O)CSc1ccc2ccccc2c1)Nc1cccnc1Cl. The quantitative estimate of drug-likeness (QED) is 0.391. The molecule has 0 spiro atoms. The third-order valence-corrected chi connectivity index (χ3v) is 4.74. The molecule has 0 aliphatic carbocycles. The lowest BCUT2D eigenvalue weighted by Gasteiger charge is -2.07. The number of carbonyl (C=O) groups excluding carboxylic acids is 2. The molecule has 0 radical (unpaired) electrons. The second-order valence-electron chi connectivity index (χ2n) is 5.35. The molecule has 0 saturated heterocycles. The predicted molar refractivity (Wildman–Crippen MR) is 104 cm³/mol. The number of halogens is 1. The Morgan fingerprint density at radius 3 is 2.69 bits per heavy atom. The number of ether oxygens (including phenoxy) is 1. The molecule has 1 N–H and O–H groups in total. The average Bonchev–Trinajstić information content (AvgIpc) is 2.66. The summed E-state index contributed by atoms with van der Waals surface area (Å²) in [5.41, 5.74) is 0.376. The monoisotopic (exact) mass is 386 g/mol. The highest BCUT2D eigenvalue weighted by Gasteiger charge is 2.10. The van der Waals surface area contributed by atoms with E-state index in [-0.39, 0.29) is 17.5 Å². The number of carbonyl (C=O) groups is 2. The minimum atomic E-state index is -0.469. The molecule has 0 unspecified atom stereocenters. The van der Waals surface area contributed by atoms with Crippen LogP contribution in [-0.4, -0.2) is 29.2 Å². The molecular formula is C19H15ClN2O3S. The van der Waals surface area contributed by atoms with E-state index in [1.54, 1.807) is 12.1 Å². The maximum absolute atomic E-state index is 11.8. The first-order valence-corrected chi connectivity index (χ1v) is 9.16. The number of thioether (sulfide) groups is 1. The number of benzene rings is 2. The Hall–Kier alpha value is -2.57. The highest BCUT2D eigenvalue weighted by atomic mass is 35.5. The van der Waals surface area contributed by atoms with E-state index < -0.39 is 11.9 Å². The summed E-state index contributed by atoms with van der Waals surface area (Å²) < 4.78 is 4.99. The van der Waals surface area contributed by atoms with E-state index in [1.165, 1.54) is 18.0 Å². The molecule has 0 aliphatic rings. The Labute approximate surface area is 159 Å². The molecular weight excluding hydrogens is 372 g/mol. The van der Waals surface area contributed by atoms with Crippen molar-refractivity contribution in [1.82, 2.24) is 4.98 Å². The van der Waals surface area contributed by atoms with Crippen molar-refractivity contribution >= 4 is 51.7 Å². The van der Waals surface area contributed by atoms with Gasteiger partial charge in [0.05, 0.1) is 11.4 Å². The van der Waals surface area contributed by atoms with Crippen LogP contribution in [0.1, 0.15) is 0 Å². The van der Waals surface area contributed by atoms with Gasteiger partial charge in [0.1, 0.15) is 0 Å². The van der Waals surface area contributed by atoms with Gasteiger partial charge in [0.2, 0.25) is 0 Å². The van der Waals surface area contributed by atoms with E-state index in [0.29, 0.717) is 5.69 Å². The Balaban J connectivity index is 1.46. The molecule has 132 valence electrons. The molecule has 0 fully saturated rings. The molecule has 0 atom stereocenters. The van der Waals surface area contributed by atoms with Gasteiger partial charge < -0.3 is 10.1 Å². The van der Waals surface area contributed by atoms with Crippen LogP contribution >= 0.6 is 23.4 Å². The van der Waals surface area contributed by atoms with E-state index >= 15 is 0 Å². The van der Waals surface area contributed by atoms with Crippen molar-refractivity contribution in [3.05, 3.63) is 65.9 Å². The number of rotatable bonds is 6. The first kappa shape index (κ1) is 18.2. The van der Waals surface area contributed by atoms with Gasteiger partial charge >= 0.3 is 5.97 Å². The summed E-state index contributed by atoms with van der Waals surface area (Å²) in [4.78, 5) is 28.5. The topological polar surface area (TPSA) is 68.3 Å². The Morgan fingerprint density at radius 2 is 1.88 bits per heavy atom. The highest BCUT2D eigenvalue weighted by Crippen LogP contribution is 2.23. The van der Waals surface area contributed by atoms with Gasteiger partial charge in [-0.3, -0.25) is 9.59 Å². The number of fused-ring (bicyclic) bond motifs is 1. The zero-order valence-corrected chi connectivity index (χ0v) is 15.2. The number of pyridine rings is 1. The summed E-state index contributed by atoms with van der Waals surface area (Å²) in [5, 5.41) is 4.98. The summed E-state index contributed by atoms with van der Waals surface area (Å²) in [6.07, 6.45) is 1.52. The second-order valence-corrected chi connectivity index (χ2v) is 6.76. The second kappa shape index (κ2) is 8.69. The van der Waals surface area contributed by atoms with Gasteiger partial charge in [-0.15, -0.1) is 11.8 Å². The van der Waals surface area contributed by atoms with Crippen LogP contribution in [0.2, 0.25) is 5.15 Å². The molecule has 3 rings (SSSR count). The summed E-state index contributed by atoms with van der Waals surface area (Å²) in [7, 11) is 0. The summed E-state index contributed by atoms with van der Waals surface area (Å²) in [6.45, 7) is -0.373. The van der Waals surface area contributed by atoms with E-state index in [0.717, 1.165) is 15.7 Å². The first-order chi connectivity index (χ1) is 12.6. The predicted octanol–water partition coefficient (Wildman–Crippen LogP) is 4.16. The Morgan fingerprint density at radius 1 is 1.08 bits per heavy atom. The molecule has 3 aromatic rings. The minimum Gasteiger partial charge on any atom is -0.455 e. The fourth-order valence-electron chi connectivity index (χ4n) is 2.25. The molecule has 1 amide bonds. The van der Waals surface area contributed by atoms with E-state index in [4.69, 9.17) is 16.3 Å². The number of nitrogens with one attached hydrogen (secondary N) is 1. The van der Waals surface area contributed by atoms with Crippen molar-refractivity contribution in [1.29, 1.82) is 0 Å². The zero-order chi connectivity index (χ0) is 18.4. The minimum absolute atomic E-state index is 0.124. The van der Waals surface area contributed by atoms with Crippen molar-refractivity contribution in [3.8, 4) is 0 Å². The normalized spacial score (nSPS) is 10.5. The number of esters is 1. The van der Waals surface area contributed by atoms with Crippen LogP contribution in [-0.2, 0) is 14.3 Å². The third-order valence-electron chi connectivity index (χ3n) is 3.48. The van der Waals surface area contributed by atoms with Crippen LogP contribution in [0.15, 0.2) is 65.7 Å². The Kier molecular flexibility index (Phi) is 6.09. The van der Waals surface area contributed by atoms with Gasteiger partial charge in [-0.1, -0.05) is 41.9 Å². The van der Waals surface area contributed by atoms with E-state index in [9.17, 15) is 9.59 Å². The smallest absolute Gasteiger partial charge is 0.316 e. The molecule has 5 nitrogen and oxygen atoms in total. The largest absolute Gasteiger partial charge is 0.455 e. The van der Waals surface area contributed by atoms with Gasteiger partial charge in [-0.2, -0.15) is 0 Å². The van der Waals surface area contributed by atoms with Crippen molar-refractivity contribution in [2.45, 2.75) is 4.90 Å². The van der Waals surface area contributed by atoms with Crippen molar-refractivity contribution in [3.63, 3.8) is 0 Å². The number of amides is 1. The number of hydrogen-bond donors (Lipinski definition) is 1. The fourth-order valence-corrected chi connectivity index (χ4v) is 3.16. The van der Waals surface area contributed by atoms with Gasteiger partial charge in [-0.05, 0) is 35.0 Å². The van der Waals surface area contributed by atoms with Gasteiger partial charge in [-0.25, -0.2) is 4.98 Å². The summed E-state index contributed by atoms with van der Waals surface area (Å²) in [6, 6.07) is 17.2. The molecule has 0 saturated carbocycles. The van der Waals surface area contributed by atoms with Gasteiger partial charge in [0.15, 0.2) is 11.8 Å². The van der Waals surface area contributed by atoms with Crippen molar-refractivity contribution in [2.24, 2.45) is 0 Å². The van der Waals surface area contributed by atoms with E-state index in [1.807, 2.05) is 42.5 Å². The standard InChI is InChI=1S/C19H15ClN2O3S/c20-19-16(6-3-9-21-19)22-17(23)11-25-18(24)12-26-15-8-7-13-4-1-2-5-14(13)10-15/h1-10H,11-12H2,(H,22,23). The van der Waals surface area contributed by atoms with Crippen LogP contribution in [0.5, 0.6) is 0 Å². The molecule has 7 heteroatoms. The molecule has 26 heavy (non-hydrogen) atoms. The summed E-state index contributed by atoms with van der Waals surface area (Å²) >= 11 is 7.22. The average molecular weight is 387 g/mol. The third kappa shape index (κ3) is 4.97. The van der Waals surface area contributed by atoms with Gasteiger partial charge in [0, 0.05) is 11.1 Å². The van der Waals surface area contributed by atoms with Crippen molar-refractivity contribution < 1.29 is 14.3 Å². The molecule has 0 bridgehead atoms. The lowest BCUT2D eigenvalue weighted by Crippen LogP contribution is -2.21. The van der Waals surface area contributed by atoms with Crippen LogP contribution in [0.25, 0.3) is 10.8 Å². The fraction of sp³-hybridized carbons (Fsp3) is 0.105. The number of anilines is 1. The summed E-state index contributed by atoms with van der Waals surface area (Å²) in [5.74, 6) is -0.807. The molecule has 1 heterocycles. The lowest BCUT2D eigenvalue weighted by atomic mass is 10.1. The molecule has 1 aromatic heterocycles. The van der Waals surface area contributed by atoms with Crippen LogP contribution in [0.3, 0.4) is 0 Å².